The Labute approximate surface area is 123 Å². The van der Waals surface area contributed by atoms with Gasteiger partial charge in [-0.2, -0.15) is 5.10 Å². The summed E-state index contributed by atoms with van der Waals surface area (Å²) >= 11 is 0. The van der Waals surface area contributed by atoms with Gasteiger partial charge in [-0.1, -0.05) is 12.1 Å². The number of nitrogens with zero attached hydrogens (tertiary/aromatic N) is 3. The van der Waals surface area contributed by atoms with E-state index < -0.39 is 5.54 Å². The molecule has 1 fully saturated rings. The molecular formula is C15H19N5O. The van der Waals surface area contributed by atoms with Crippen LogP contribution in [0.25, 0.3) is 10.9 Å². The molecule has 1 aromatic heterocycles. The summed E-state index contributed by atoms with van der Waals surface area (Å²) in [5.74, 6) is 0.0863. The predicted molar refractivity (Wildman–Crippen MR) is 81.0 cm³/mol. The number of nitrogens with one attached hydrogen (secondary N) is 2. The van der Waals surface area contributed by atoms with Gasteiger partial charge in [0, 0.05) is 19.0 Å². The average Bonchev–Trinajstić information content (AvgIpc) is 2.86. The van der Waals surface area contributed by atoms with E-state index in [0.29, 0.717) is 6.42 Å². The molecule has 2 heterocycles. The van der Waals surface area contributed by atoms with Gasteiger partial charge < -0.3 is 5.32 Å². The highest BCUT2D eigenvalue weighted by molar-refractivity contribution is 5.99. The van der Waals surface area contributed by atoms with Crippen molar-refractivity contribution in [2.45, 2.75) is 32.4 Å². The Balaban J connectivity index is 2.06. The van der Waals surface area contributed by atoms with Crippen LogP contribution in [-0.4, -0.2) is 33.6 Å². The predicted octanol–water partition coefficient (Wildman–Crippen LogP) is 1.66. The van der Waals surface area contributed by atoms with E-state index in [-0.39, 0.29) is 11.9 Å². The normalized spacial score (nSPS) is 22.7. The fourth-order valence-corrected chi connectivity index (χ4v) is 2.78. The topological polar surface area (TPSA) is 74.0 Å². The van der Waals surface area contributed by atoms with E-state index in [4.69, 9.17) is 5.41 Å². The molecule has 1 amide bonds. The van der Waals surface area contributed by atoms with Crippen molar-refractivity contribution < 1.29 is 4.79 Å². The third-order valence-corrected chi connectivity index (χ3v) is 4.19. The van der Waals surface area contributed by atoms with Crippen LogP contribution < -0.4 is 5.32 Å². The van der Waals surface area contributed by atoms with Crippen molar-refractivity contribution in [2.24, 2.45) is 0 Å². The van der Waals surface area contributed by atoms with Gasteiger partial charge in [0.2, 0.25) is 5.91 Å². The Morgan fingerprint density at radius 1 is 1.48 bits per heavy atom. The Morgan fingerprint density at radius 3 is 2.90 bits per heavy atom. The summed E-state index contributed by atoms with van der Waals surface area (Å²) in [5, 5.41) is 16.5. The summed E-state index contributed by atoms with van der Waals surface area (Å²) in [5.41, 5.74) is 1.49. The molecule has 2 aromatic rings. The highest BCUT2D eigenvalue weighted by Gasteiger charge is 2.38. The second kappa shape index (κ2) is 4.58. The van der Waals surface area contributed by atoms with Crippen molar-refractivity contribution in [3.63, 3.8) is 0 Å². The van der Waals surface area contributed by atoms with Crippen LogP contribution in [0.4, 0.5) is 0 Å². The van der Waals surface area contributed by atoms with Crippen molar-refractivity contribution in [3.05, 3.63) is 30.0 Å². The van der Waals surface area contributed by atoms with E-state index in [1.165, 1.54) is 4.90 Å². The number of benzene rings is 1. The van der Waals surface area contributed by atoms with Gasteiger partial charge in [-0.3, -0.25) is 19.8 Å². The number of carbonyl (C=O) groups excluding carboxylic acids is 1. The number of hydrogen-bond acceptors (Lipinski definition) is 3. The third kappa shape index (κ3) is 2.07. The van der Waals surface area contributed by atoms with Gasteiger partial charge in [-0.15, -0.1) is 0 Å². The quantitative estimate of drug-likeness (QED) is 0.881. The average molecular weight is 285 g/mol. The SMILES string of the molecule is CCn1ncc2ccc([C@]3(C)CC(=O)N(C)C(=N)N3)cc21. The number of fused-ring (bicyclic) bond motifs is 1. The van der Waals surface area contributed by atoms with Crippen molar-refractivity contribution in [2.75, 3.05) is 7.05 Å². The first-order chi connectivity index (χ1) is 9.94. The van der Waals surface area contributed by atoms with Gasteiger partial charge in [0.1, 0.15) is 0 Å². The van der Waals surface area contributed by atoms with Crippen molar-refractivity contribution in [3.8, 4) is 0 Å². The van der Waals surface area contributed by atoms with Crippen LogP contribution in [0.15, 0.2) is 24.4 Å². The second-order valence-corrected chi connectivity index (χ2v) is 5.67. The summed E-state index contributed by atoms with van der Waals surface area (Å²) in [4.78, 5) is 13.4. The van der Waals surface area contributed by atoms with Gasteiger partial charge in [0.05, 0.1) is 23.7 Å². The van der Waals surface area contributed by atoms with Gasteiger partial charge in [-0.25, -0.2) is 0 Å². The number of rotatable bonds is 2. The van der Waals surface area contributed by atoms with Crippen LogP contribution in [0, 0.1) is 5.41 Å². The lowest BCUT2D eigenvalue weighted by molar-refractivity contribution is -0.129. The van der Waals surface area contributed by atoms with Crippen LogP contribution in [-0.2, 0) is 16.9 Å². The smallest absolute Gasteiger partial charge is 0.231 e. The van der Waals surface area contributed by atoms with Crippen LogP contribution in [0.2, 0.25) is 0 Å². The Kier molecular flexibility index (Phi) is 2.97. The lowest BCUT2D eigenvalue weighted by atomic mass is 9.86. The molecule has 1 aromatic carbocycles. The molecule has 2 N–H and O–H groups in total. The number of aromatic nitrogens is 2. The van der Waals surface area contributed by atoms with Crippen LogP contribution in [0.1, 0.15) is 25.8 Å². The number of hydrogen-bond donors (Lipinski definition) is 2. The van der Waals surface area contributed by atoms with Gasteiger partial charge in [0.25, 0.3) is 0 Å². The highest BCUT2D eigenvalue weighted by atomic mass is 16.2. The molecule has 3 rings (SSSR count). The first kappa shape index (κ1) is 13.6. The monoisotopic (exact) mass is 285 g/mol. The van der Waals surface area contributed by atoms with Crippen molar-refractivity contribution >= 4 is 22.8 Å². The van der Waals surface area contributed by atoms with Crippen LogP contribution >= 0.6 is 0 Å². The Morgan fingerprint density at radius 2 is 2.24 bits per heavy atom. The van der Waals surface area contributed by atoms with Crippen molar-refractivity contribution in [1.82, 2.24) is 20.0 Å². The van der Waals surface area contributed by atoms with Crippen LogP contribution in [0.5, 0.6) is 0 Å². The highest BCUT2D eigenvalue weighted by Crippen LogP contribution is 2.30. The molecule has 6 heteroatoms. The molecular weight excluding hydrogens is 266 g/mol. The minimum absolute atomic E-state index is 0.0506. The first-order valence-electron chi connectivity index (χ1n) is 7.04. The fourth-order valence-electron chi connectivity index (χ4n) is 2.78. The van der Waals surface area contributed by atoms with E-state index in [2.05, 4.69) is 16.5 Å². The van der Waals surface area contributed by atoms with Gasteiger partial charge >= 0.3 is 0 Å². The second-order valence-electron chi connectivity index (χ2n) is 5.67. The van der Waals surface area contributed by atoms with Crippen molar-refractivity contribution in [1.29, 1.82) is 5.41 Å². The maximum Gasteiger partial charge on any atom is 0.231 e. The molecule has 110 valence electrons. The Hall–Kier alpha value is -2.37. The maximum atomic E-state index is 12.1. The van der Waals surface area contributed by atoms with Crippen LogP contribution in [0.3, 0.4) is 0 Å². The zero-order valence-corrected chi connectivity index (χ0v) is 12.5. The summed E-state index contributed by atoms with van der Waals surface area (Å²) in [7, 11) is 1.62. The summed E-state index contributed by atoms with van der Waals surface area (Å²) in [6.45, 7) is 4.81. The largest absolute Gasteiger partial charge is 0.346 e. The molecule has 0 spiro atoms. The first-order valence-corrected chi connectivity index (χ1v) is 7.04. The molecule has 1 aliphatic rings. The molecule has 0 radical (unpaired) electrons. The minimum Gasteiger partial charge on any atom is -0.346 e. The zero-order valence-electron chi connectivity index (χ0n) is 12.5. The number of carbonyl (C=O) groups is 1. The molecule has 21 heavy (non-hydrogen) atoms. The fraction of sp³-hybridized carbons (Fsp3) is 0.400. The minimum atomic E-state index is -0.558. The number of guanidine groups is 1. The standard InChI is InChI=1S/C15H19N5O/c1-4-20-12-7-11(6-5-10(12)9-17-20)15(2)8-13(21)19(3)14(16)18-15/h5-7,9H,4,8H2,1-3H3,(H2,16,18)/t15-/m0/s1. The molecule has 1 saturated heterocycles. The molecule has 0 unspecified atom stereocenters. The van der Waals surface area contributed by atoms with E-state index in [0.717, 1.165) is 23.0 Å². The lowest BCUT2D eigenvalue weighted by Gasteiger charge is -2.39. The molecule has 6 nitrogen and oxygen atoms in total. The van der Waals surface area contributed by atoms with E-state index >= 15 is 0 Å². The molecule has 0 saturated carbocycles. The van der Waals surface area contributed by atoms with Gasteiger partial charge in [0.15, 0.2) is 5.96 Å². The molecule has 0 aliphatic carbocycles. The third-order valence-electron chi connectivity index (χ3n) is 4.19. The van der Waals surface area contributed by atoms with E-state index in [9.17, 15) is 4.79 Å². The summed E-state index contributed by atoms with van der Waals surface area (Å²) < 4.78 is 1.93. The molecule has 1 aliphatic heterocycles. The Bertz CT molecular complexity index is 715. The van der Waals surface area contributed by atoms with E-state index in [1.54, 1.807) is 7.05 Å². The molecule has 1 atom stereocenters. The van der Waals surface area contributed by atoms with E-state index in [1.807, 2.05) is 36.9 Å². The number of amides is 1. The maximum absolute atomic E-state index is 12.1. The van der Waals surface area contributed by atoms with Gasteiger partial charge in [-0.05, 0) is 25.5 Å². The summed E-state index contributed by atoms with van der Waals surface area (Å²) in [6, 6.07) is 6.08. The summed E-state index contributed by atoms with van der Waals surface area (Å²) in [6.07, 6.45) is 2.18. The zero-order chi connectivity index (χ0) is 15.2. The lowest BCUT2D eigenvalue weighted by Crippen LogP contribution is -2.58. The molecule has 0 bridgehead atoms. The number of aryl methyl sites for hydroxylation is 1.